The summed E-state index contributed by atoms with van der Waals surface area (Å²) in [5.74, 6) is 1.95. The van der Waals surface area contributed by atoms with Gasteiger partial charge in [0.15, 0.2) is 0 Å². The predicted octanol–water partition coefficient (Wildman–Crippen LogP) is 0.557. The van der Waals surface area contributed by atoms with Gasteiger partial charge in [-0.2, -0.15) is 0 Å². The van der Waals surface area contributed by atoms with Crippen molar-refractivity contribution in [3.63, 3.8) is 0 Å². The fourth-order valence-electron chi connectivity index (χ4n) is 4.25. The Kier molecular flexibility index (Phi) is 5.37. The molecule has 0 bridgehead atoms. The Morgan fingerprint density at radius 2 is 1.77 bits per heavy atom. The lowest BCUT2D eigenvalue weighted by molar-refractivity contribution is -1.03. The minimum Gasteiger partial charge on any atom is -0.497 e. The quantitative estimate of drug-likeness (QED) is 0.832. The number of ether oxygens (including phenoxy) is 1. The van der Waals surface area contributed by atoms with E-state index in [4.69, 9.17) is 4.74 Å². The van der Waals surface area contributed by atoms with Gasteiger partial charge in [-0.3, -0.25) is 0 Å². The Hall–Kier alpha value is -1.06. The predicted molar refractivity (Wildman–Crippen MR) is 89.5 cm³/mol. The molecule has 1 heterocycles. The molecule has 122 valence electrons. The minimum absolute atomic E-state index is 0.953. The van der Waals surface area contributed by atoms with Crippen LogP contribution in [0.2, 0.25) is 0 Å². The maximum absolute atomic E-state index is 5.34. The second-order valence-corrected chi connectivity index (χ2v) is 7.39. The molecule has 1 aliphatic carbocycles. The van der Waals surface area contributed by atoms with Gasteiger partial charge in [0.2, 0.25) is 0 Å². The first-order valence-corrected chi connectivity index (χ1v) is 9.05. The average Bonchev–Trinajstić information content (AvgIpc) is 2.57. The molecule has 1 aromatic rings. The molecule has 0 unspecified atom stereocenters. The maximum Gasteiger partial charge on any atom is 0.127 e. The molecule has 1 aromatic carbocycles. The molecule has 3 heteroatoms. The van der Waals surface area contributed by atoms with Gasteiger partial charge in [0.25, 0.3) is 0 Å². The van der Waals surface area contributed by atoms with Crippen LogP contribution in [0.15, 0.2) is 24.3 Å². The van der Waals surface area contributed by atoms with E-state index in [-0.39, 0.29) is 0 Å². The number of benzene rings is 1. The third-order valence-corrected chi connectivity index (χ3v) is 5.78. The van der Waals surface area contributed by atoms with E-state index in [1.807, 2.05) is 11.0 Å². The molecule has 0 radical (unpaired) electrons. The van der Waals surface area contributed by atoms with Crippen molar-refractivity contribution in [2.24, 2.45) is 5.92 Å². The van der Waals surface area contributed by atoms with E-state index in [9.17, 15) is 0 Å². The van der Waals surface area contributed by atoms with E-state index >= 15 is 0 Å². The molecule has 3 rings (SSSR count). The summed E-state index contributed by atoms with van der Waals surface area (Å²) in [6, 6.07) is 9.52. The van der Waals surface area contributed by atoms with E-state index in [1.54, 1.807) is 12.0 Å². The molecule has 1 aliphatic heterocycles. The molecule has 2 aliphatic rings. The Labute approximate surface area is 135 Å². The van der Waals surface area contributed by atoms with Gasteiger partial charge in [-0.05, 0) is 43.7 Å². The summed E-state index contributed by atoms with van der Waals surface area (Å²) < 4.78 is 5.34. The number of hydrogen-bond donors (Lipinski definition) is 2. The topological polar surface area (TPSA) is 18.1 Å². The zero-order chi connectivity index (χ0) is 15.4. The fourth-order valence-corrected chi connectivity index (χ4v) is 4.25. The van der Waals surface area contributed by atoms with Crippen LogP contribution in [0, 0.1) is 5.92 Å². The number of quaternary nitrogens is 2. The van der Waals surface area contributed by atoms with Crippen LogP contribution < -0.4 is 14.5 Å². The summed E-state index contributed by atoms with van der Waals surface area (Å²) in [4.78, 5) is 3.63. The maximum atomic E-state index is 5.34. The molecule has 22 heavy (non-hydrogen) atoms. The summed E-state index contributed by atoms with van der Waals surface area (Å²) in [7, 11) is 1.75. The Morgan fingerprint density at radius 3 is 2.45 bits per heavy atom. The van der Waals surface area contributed by atoms with Gasteiger partial charge >= 0.3 is 0 Å². The third-order valence-electron chi connectivity index (χ3n) is 5.78. The minimum atomic E-state index is 0.953. The summed E-state index contributed by atoms with van der Waals surface area (Å²) in [5.41, 5.74) is 1.41. The van der Waals surface area contributed by atoms with Gasteiger partial charge in [0.1, 0.15) is 38.5 Å². The van der Waals surface area contributed by atoms with Crippen molar-refractivity contribution in [2.45, 2.75) is 45.2 Å². The molecular formula is C19H32N2O+2. The highest BCUT2D eigenvalue weighted by molar-refractivity contribution is 5.27. The van der Waals surface area contributed by atoms with E-state index in [0.29, 0.717) is 0 Å². The molecule has 2 N–H and O–H groups in total. The summed E-state index contributed by atoms with van der Waals surface area (Å²) in [5, 5.41) is 0. The Balaban J connectivity index is 1.47. The second kappa shape index (κ2) is 7.47. The van der Waals surface area contributed by atoms with Crippen LogP contribution in [0.3, 0.4) is 0 Å². The molecule has 0 amide bonds. The first-order valence-electron chi connectivity index (χ1n) is 9.05. The van der Waals surface area contributed by atoms with Gasteiger partial charge < -0.3 is 14.5 Å². The van der Waals surface area contributed by atoms with Crippen LogP contribution in [0.5, 0.6) is 5.75 Å². The van der Waals surface area contributed by atoms with E-state index in [1.165, 1.54) is 57.4 Å². The summed E-state index contributed by atoms with van der Waals surface area (Å²) in [6.45, 7) is 8.92. The second-order valence-electron chi connectivity index (χ2n) is 7.39. The zero-order valence-corrected chi connectivity index (χ0v) is 14.2. The van der Waals surface area contributed by atoms with Crippen LogP contribution >= 0.6 is 0 Å². The molecular weight excluding hydrogens is 272 g/mol. The third kappa shape index (κ3) is 4.02. The van der Waals surface area contributed by atoms with Crippen molar-refractivity contribution in [3.05, 3.63) is 29.8 Å². The van der Waals surface area contributed by atoms with Crippen LogP contribution in [0.1, 0.15) is 38.2 Å². The highest BCUT2D eigenvalue weighted by Crippen LogP contribution is 2.21. The van der Waals surface area contributed by atoms with Crippen molar-refractivity contribution in [1.82, 2.24) is 0 Å². The van der Waals surface area contributed by atoms with Crippen molar-refractivity contribution in [1.29, 1.82) is 0 Å². The molecule has 0 aromatic heterocycles. The van der Waals surface area contributed by atoms with Crippen molar-refractivity contribution in [2.75, 3.05) is 33.3 Å². The summed E-state index contributed by atoms with van der Waals surface area (Å²) >= 11 is 0. The zero-order valence-electron chi connectivity index (χ0n) is 14.2. The van der Waals surface area contributed by atoms with Crippen LogP contribution in [0.4, 0.5) is 0 Å². The molecule has 0 spiro atoms. The number of piperazine rings is 1. The van der Waals surface area contributed by atoms with E-state index in [2.05, 4.69) is 25.1 Å². The standard InChI is InChI=1S/C19H30N2O/c1-16-6-8-18(9-7-16)21-12-10-20(11-13-21)15-17-4-3-5-19(14-17)22-2/h3-5,14,16,18H,6-13,15H2,1-2H3/p+2. The van der Waals surface area contributed by atoms with E-state index in [0.717, 1.165) is 24.3 Å². The number of rotatable bonds is 4. The van der Waals surface area contributed by atoms with Crippen LogP contribution in [0.25, 0.3) is 0 Å². The first-order chi connectivity index (χ1) is 10.7. The molecule has 1 saturated heterocycles. The fraction of sp³-hybridized carbons (Fsp3) is 0.684. The number of hydrogen-bond acceptors (Lipinski definition) is 1. The molecule has 1 saturated carbocycles. The summed E-state index contributed by atoms with van der Waals surface area (Å²) in [6.07, 6.45) is 5.83. The first kappa shape index (κ1) is 15.8. The van der Waals surface area contributed by atoms with Gasteiger partial charge in [-0.15, -0.1) is 0 Å². The average molecular weight is 304 g/mol. The van der Waals surface area contributed by atoms with Gasteiger partial charge in [-0.1, -0.05) is 19.1 Å². The van der Waals surface area contributed by atoms with Crippen molar-refractivity contribution in [3.8, 4) is 5.75 Å². The molecule has 2 fully saturated rings. The monoisotopic (exact) mass is 304 g/mol. The normalized spacial score (nSPS) is 32.6. The highest BCUT2D eigenvalue weighted by Gasteiger charge is 2.31. The lowest BCUT2D eigenvalue weighted by Gasteiger charge is -2.37. The van der Waals surface area contributed by atoms with Crippen LogP contribution in [-0.2, 0) is 6.54 Å². The lowest BCUT2D eigenvalue weighted by atomic mass is 9.86. The molecule has 0 atom stereocenters. The highest BCUT2D eigenvalue weighted by atomic mass is 16.5. The SMILES string of the molecule is COc1cccc(C[NH+]2CC[NH+](C3CCC(C)CC3)CC2)c1. The molecule has 3 nitrogen and oxygen atoms in total. The lowest BCUT2D eigenvalue weighted by Crippen LogP contribution is -3.29. The van der Waals surface area contributed by atoms with Crippen molar-refractivity contribution < 1.29 is 14.5 Å². The van der Waals surface area contributed by atoms with Gasteiger partial charge in [0.05, 0.1) is 13.2 Å². The Morgan fingerprint density at radius 1 is 1.05 bits per heavy atom. The van der Waals surface area contributed by atoms with Gasteiger partial charge in [0, 0.05) is 5.56 Å². The Bertz CT molecular complexity index is 460. The van der Waals surface area contributed by atoms with Gasteiger partial charge in [-0.25, -0.2) is 0 Å². The largest absolute Gasteiger partial charge is 0.497 e. The number of nitrogens with one attached hydrogen (secondary N) is 2. The van der Waals surface area contributed by atoms with E-state index < -0.39 is 0 Å². The number of methoxy groups -OCH3 is 1. The van der Waals surface area contributed by atoms with Crippen LogP contribution in [-0.4, -0.2) is 39.3 Å². The van der Waals surface area contributed by atoms with Crippen molar-refractivity contribution >= 4 is 0 Å². The smallest absolute Gasteiger partial charge is 0.127 e.